The highest BCUT2D eigenvalue weighted by molar-refractivity contribution is 6.30. The Bertz CT molecular complexity index is 2120. The molecule has 2 aliphatic carbocycles. The molecule has 2 aromatic heterocycles. The molecule has 2 aliphatic rings. The van der Waals surface area contributed by atoms with Crippen molar-refractivity contribution in [2.45, 2.75) is 0 Å². The van der Waals surface area contributed by atoms with Crippen LogP contribution in [-0.2, 0) is 0 Å². The highest BCUT2D eigenvalue weighted by atomic mass is 19.1. The van der Waals surface area contributed by atoms with Gasteiger partial charge in [0, 0.05) is 57.7 Å². The van der Waals surface area contributed by atoms with Crippen LogP contribution in [0.15, 0.2) is 41.5 Å². The molecule has 0 N–H and O–H groups in total. The first-order valence-corrected chi connectivity index (χ1v) is 11.9. The van der Waals surface area contributed by atoms with E-state index in [-0.39, 0.29) is 55.7 Å². The summed E-state index contributed by atoms with van der Waals surface area (Å²) in [6, 6.07) is 16.3. The minimum atomic E-state index is -1.30. The first kappa shape index (κ1) is 28.2. The Hall–Kier alpha value is -7.37. The van der Waals surface area contributed by atoms with Crippen LogP contribution >= 0.6 is 0 Å². The quantitative estimate of drug-likeness (QED) is 0.217. The molecular formula is C31H5F4N9. The second-order valence-electron chi connectivity index (χ2n) is 8.88. The summed E-state index contributed by atoms with van der Waals surface area (Å²) in [7, 11) is 0. The van der Waals surface area contributed by atoms with Gasteiger partial charge in [0.2, 0.25) is 23.8 Å². The summed E-state index contributed by atoms with van der Waals surface area (Å²) in [5.74, 6) is -5.19. The zero-order chi connectivity index (χ0) is 31.9. The fourth-order valence-corrected chi connectivity index (χ4v) is 5.29. The average molecular weight is 579 g/mol. The van der Waals surface area contributed by atoms with E-state index in [0.29, 0.717) is 0 Å². The molecule has 0 saturated heterocycles. The van der Waals surface area contributed by atoms with Crippen molar-refractivity contribution in [3.63, 3.8) is 0 Å². The van der Waals surface area contributed by atoms with Crippen molar-refractivity contribution in [2.24, 2.45) is 0 Å². The minimum Gasteiger partial charge on any atom is -0.192 e. The number of pyridine rings is 2. The summed E-state index contributed by atoms with van der Waals surface area (Å²) in [4.78, 5) is 6.03. The van der Waals surface area contributed by atoms with Gasteiger partial charge in [-0.15, -0.1) is 0 Å². The Kier molecular flexibility index (Phi) is 6.76. The van der Waals surface area contributed by atoms with E-state index in [1.807, 2.05) is 18.2 Å². The van der Waals surface area contributed by atoms with Crippen LogP contribution in [0.3, 0.4) is 0 Å². The molecule has 202 valence electrons. The van der Waals surface area contributed by atoms with Gasteiger partial charge in [0.15, 0.2) is 0 Å². The number of allylic oxidation sites excluding steroid dienone is 8. The SMILES string of the molecule is N#CC(C#N)=C1C(c2cc(F)nc(F)c2)=C(C#N)c2c1cc1c(c2C#N)C(C#N)=C(c2cc(F)nc(F)c2)C1=C(C#N)C#N. The Balaban J connectivity index is 2.05. The maximum Gasteiger partial charge on any atom is 0.216 e. The first-order valence-electron chi connectivity index (χ1n) is 11.9. The number of nitrogens with zero attached hydrogens (tertiary/aromatic N) is 9. The molecule has 2 heterocycles. The van der Waals surface area contributed by atoms with Gasteiger partial charge >= 0.3 is 0 Å². The number of hydrogen-bond acceptors (Lipinski definition) is 9. The van der Waals surface area contributed by atoms with E-state index in [4.69, 9.17) is 0 Å². The predicted octanol–water partition coefficient (Wildman–Crippen LogP) is 5.40. The van der Waals surface area contributed by atoms with Crippen molar-refractivity contribution >= 4 is 33.4 Å². The number of rotatable bonds is 2. The van der Waals surface area contributed by atoms with Crippen molar-refractivity contribution in [3.8, 4) is 42.5 Å². The summed E-state index contributed by atoms with van der Waals surface area (Å²) >= 11 is 0. The maximum atomic E-state index is 14.2. The molecule has 0 radical (unpaired) electrons. The molecule has 1 aromatic carbocycles. The molecule has 5 rings (SSSR count). The van der Waals surface area contributed by atoms with E-state index in [2.05, 4.69) is 9.97 Å². The lowest BCUT2D eigenvalue weighted by Gasteiger charge is -2.13. The highest BCUT2D eigenvalue weighted by Gasteiger charge is 2.40. The molecule has 0 amide bonds. The van der Waals surface area contributed by atoms with Gasteiger partial charge in [-0.2, -0.15) is 64.4 Å². The van der Waals surface area contributed by atoms with Gasteiger partial charge in [-0.1, -0.05) is 0 Å². The van der Waals surface area contributed by atoms with Gasteiger partial charge in [-0.05, 0) is 28.3 Å². The number of halogens is 4. The minimum absolute atomic E-state index is 0.152. The Morgan fingerprint density at radius 2 is 0.841 bits per heavy atom. The molecule has 0 bridgehead atoms. The fourth-order valence-electron chi connectivity index (χ4n) is 5.29. The van der Waals surface area contributed by atoms with Crippen molar-refractivity contribution in [1.29, 1.82) is 36.8 Å². The van der Waals surface area contributed by atoms with E-state index in [9.17, 15) is 54.4 Å². The van der Waals surface area contributed by atoms with Crippen LogP contribution in [0.1, 0.15) is 38.9 Å². The number of fused-ring (bicyclic) bond motifs is 2. The van der Waals surface area contributed by atoms with E-state index < -0.39 is 51.6 Å². The molecule has 0 aliphatic heterocycles. The molecule has 44 heavy (non-hydrogen) atoms. The Morgan fingerprint density at radius 1 is 0.500 bits per heavy atom. The third-order valence-corrected chi connectivity index (χ3v) is 6.75. The Labute approximate surface area is 244 Å². The monoisotopic (exact) mass is 579 g/mol. The van der Waals surface area contributed by atoms with Gasteiger partial charge in [0.25, 0.3) is 0 Å². The molecular weight excluding hydrogens is 574 g/mol. The van der Waals surface area contributed by atoms with Crippen LogP contribution in [0.5, 0.6) is 0 Å². The molecule has 3 aromatic rings. The normalized spacial score (nSPS) is 12.6. The second-order valence-corrected chi connectivity index (χ2v) is 8.88. The van der Waals surface area contributed by atoms with E-state index >= 15 is 0 Å². The average Bonchev–Trinajstić information content (AvgIpc) is 3.49. The fraction of sp³-hybridized carbons (Fsp3) is 0. The van der Waals surface area contributed by atoms with Crippen LogP contribution in [0, 0.1) is 103 Å². The zero-order valence-electron chi connectivity index (χ0n) is 21.4. The molecule has 0 atom stereocenters. The molecule has 13 heteroatoms. The van der Waals surface area contributed by atoms with Crippen molar-refractivity contribution < 1.29 is 17.6 Å². The van der Waals surface area contributed by atoms with Crippen molar-refractivity contribution in [3.05, 3.63) is 104 Å². The Morgan fingerprint density at radius 3 is 1.11 bits per heavy atom. The lowest BCUT2D eigenvalue weighted by Crippen LogP contribution is -2.00. The van der Waals surface area contributed by atoms with Crippen LogP contribution in [-0.4, -0.2) is 9.97 Å². The summed E-state index contributed by atoms with van der Waals surface area (Å²) in [5.41, 5.74) is -5.09. The van der Waals surface area contributed by atoms with Crippen LogP contribution in [0.4, 0.5) is 17.6 Å². The number of nitriles is 7. The summed E-state index contributed by atoms with van der Waals surface area (Å²) in [5, 5.41) is 70.2. The van der Waals surface area contributed by atoms with Crippen LogP contribution in [0.2, 0.25) is 0 Å². The predicted molar refractivity (Wildman–Crippen MR) is 141 cm³/mol. The number of aromatic nitrogens is 2. The lowest BCUT2D eigenvalue weighted by atomic mass is 9.87. The topological polar surface area (TPSA) is 192 Å². The number of hydrogen-bond donors (Lipinski definition) is 0. The van der Waals surface area contributed by atoms with Gasteiger partial charge in [0.1, 0.15) is 53.6 Å². The third kappa shape index (κ3) is 4.03. The van der Waals surface area contributed by atoms with E-state index in [1.54, 1.807) is 24.3 Å². The van der Waals surface area contributed by atoms with Gasteiger partial charge in [-0.3, -0.25) is 0 Å². The molecule has 0 saturated carbocycles. The third-order valence-electron chi connectivity index (χ3n) is 6.75. The lowest BCUT2D eigenvalue weighted by molar-refractivity contribution is 0.511. The van der Waals surface area contributed by atoms with E-state index in [0.717, 1.165) is 24.3 Å². The van der Waals surface area contributed by atoms with Crippen molar-refractivity contribution in [1.82, 2.24) is 9.97 Å². The molecule has 0 fully saturated rings. The smallest absolute Gasteiger partial charge is 0.192 e. The highest BCUT2D eigenvalue weighted by Crippen LogP contribution is 2.56. The van der Waals surface area contributed by atoms with Gasteiger partial charge < -0.3 is 0 Å². The van der Waals surface area contributed by atoms with Crippen LogP contribution < -0.4 is 0 Å². The number of benzene rings is 1. The maximum absolute atomic E-state index is 14.2. The molecule has 0 unspecified atom stereocenters. The largest absolute Gasteiger partial charge is 0.216 e. The van der Waals surface area contributed by atoms with Gasteiger partial charge in [-0.25, -0.2) is 0 Å². The summed E-state index contributed by atoms with van der Waals surface area (Å²) in [6.45, 7) is 0. The standard InChI is InChI=1S/C31H5F4N9/c32-22-1-13(2-23(33)43-22)26-19(10-40)30-17(28(26)15(6-36)7-37)5-18-29(16(8-38)9-39)27(14-3-24(34)44-25(35)4-14)20(11-41)31(18)21(30)12-42/h1-5H. The zero-order valence-corrected chi connectivity index (χ0v) is 21.4. The second kappa shape index (κ2) is 10.6. The molecule has 9 nitrogen and oxygen atoms in total. The first-order chi connectivity index (χ1) is 21.2. The van der Waals surface area contributed by atoms with Crippen LogP contribution in [0.25, 0.3) is 33.4 Å². The van der Waals surface area contributed by atoms with Crippen molar-refractivity contribution in [2.75, 3.05) is 0 Å². The molecule has 0 spiro atoms. The van der Waals surface area contributed by atoms with Gasteiger partial charge in [0.05, 0.1) is 16.7 Å². The van der Waals surface area contributed by atoms with E-state index in [1.165, 1.54) is 6.07 Å². The summed E-state index contributed by atoms with van der Waals surface area (Å²) in [6.07, 6.45) is 0. The summed E-state index contributed by atoms with van der Waals surface area (Å²) < 4.78 is 56.9.